The van der Waals surface area contributed by atoms with Crippen molar-refractivity contribution in [2.75, 3.05) is 25.0 Å². The van der Waals surface area contributed by atoms with Gasteiger partial charge in [-0.1, -0.05) is 26.0 Å². The highest BCUT2D eigenvalue weighted by atomic mass is 32.2. The first-order valence-corrected chi connectivity index (χ1v) is 7.88. The van der Waals surface area contributed by atoms with Crippen molar-refractivity contribution in [2.24, 2.45) is 0 Å². The van der Waals surface area contributed by atoms with Crippen LogP contribution in [0, 0.1) is 0 Å². The van der Waals surface area contributed by atoms with Gasteiger partial charge in [-0.25, -0.2) is 0 Å². The molecule has 2 atom stereocenters. The normalized spacial score (nSPS) is 27.9. The third-order valence-corrected chi connectivity index (χ3v) is 5.01. The molecule has 0 aromatic heterocycles. The molecule has 1 fully saturated rings. The molecular formula is C15H22N2S. The van der Waals surface area contributed by atoms with Crippen LogP contribution in [0.4, 0.5) is 5.69 Å². The average molecular weight is 262 g/mol. The Morgan fingerprint density at radius 3 is 2.83 bits per heavy atom. The lowest BCUT2D eigenvalue weighted by molar-refractivity contribution is 0.263. The maximum absolute atomic E-state index is 3.43. The first-order chi connectivity index (χ1) is 8.70. The van der Waals surface area contributed by atoms with Gasteiger partial charge in [0.2, 0.25) is 0 Å². The average Bonchev–Trinajstić information content (AvgIpc) is 2.74. The molecule has 0 saturated carbocycles. The second-order valence-corrected chi connectivity index (χ2v) is 7.50. The molecule has 18 heavy (non-hydrogen) atoms. The summed E-state index contributed by atoms with van der Waals surface area (Å²) in [6.45, 7) is 9.37. The van der Waals surface area contributed by atoms with Crippen molar-refractivity contribution >= 4 is 17.4 Å². The van der Waals surface area contributed by atoms with Crippen LogP contribution in [0.15, 0.2) is 18.2 Å². The Morgan fingerprint density at radius 2 is 2.06 bits per heavy atom. The van der Waals surface area contributed by atoms with Crippen LogP contribution in [0.5, 0.6) is 0 Å². The summed E-state index contributed by atoms with van der Waals surface area (Å²) in [5.74, 6) is 0. The van der Waals surface area contributed by atoms with Gasteiger partial charge >= 0.3 is 0 Å². The summed E-state index contributed by atoms with van der Waals surface area (Å²) in [4.78, 5) is 2.61. The van der Waals surface area contributed by atoms with E-state index >= 15 is 0 Å². The van der Waals surface area contributed by atoms with E-state index in [1.165, 1.54) is 36.3 Å². The van der Waals surface area contributed by atoms with Crippen LogP contribution in [-0.2, 0) is 13.0 Å². The number of hydrogen-bond donors (Lipinski definition) is 1. The minimum atomic E-state index is 0.768. The van der Waals surface area contributed by atoms with E-state index in [0.29, 0.717) is 0 Å². The molecule has 0 amide bonds. The van der Waals surface area contributed by atoms with Gasteiger partial charge in [0, 0.05) is 42.4 Å². The maximum atomic E-state index is 3.43. The van der Waals surface area contributed by atoms with Crippen LogP contribution >= 0.6 is 11.8 Å². The fourth-order valence-corrected chi connectivity index (χ4v) is 4.52. The molecule has 1 saturated heterocycles. The Hall–Kier alpha value is -0.670. The highest BCUT2D eigenvalue weighted by Crippen LogP contribution is 2.27. The quantitative estimate of drug-likeness (QED) is 0.882. The topological polar surface area (TPSA) is 15.3 Å². The van der Waals surface area contributed by atoms with Crippen LogP contribution < -0.4 is 5.32 Å². The fraction of sp³-hybridized carbons (Fsp3) is 0.600. The van der Waals surface area contributed by atoms with Gasteiger partial charge in [0.15, 0.2) is 0 Å². The number of thioether (sulfide) groups is 1. The largest absolute Gasteiger partial charge is 0.384 e. The van der Waals surface area contributed by atoms with Crippen molar-refractivity contribution in [1.82, 2.24) is 4.90 Å². The zero-order chi connectivity index (χ0) is 12.5. The number of nitrogens with zero attached hydrogens (tertiary/aromatic N) is 1. The van der Waals surface area contributed by atoms with Crippen LogP contribution in [-0.4, -0.2) is 35.0 Å². The summed E-state index contributed by atoms with van der Waals surface area (Å²) >= 11 is 2.12. The maximum Gasteiger partial charge on any atom is 0.0373 e. The molecule has 2 aliphatic rings. The van der Waals surface area contributed by atoms with Gasteiger partial charge in [0.1, 0.15) is 0 Å². The molecule has 1 N–H and O–H groups in total. The third kappa shape index (κ3) is 2.67. The van der Waals surface area contributed by atoms with E-state index in [2.05, 4.69) is 54.0 Å². The van der Waals surface area contributed by atoms with Gasteiger partial charge in [-0.15, -0.1) is 0 Å². The predicted molar refractivity (Wildman–Crippen MR) is 80.4 cm³/mol. The summed E-state index contributed by atoms with van der Waals surface area (Å²) in [6, 6.07) is 6.93. The molecule has 0 bridgehead atoms. The number of benzene rings is 1. The van der Waals surface area contributed by atoms with Crippen LogP contribution in [0.1, 0.15) is 25.0 Å². The summed E-state index contributed by atoms with van der Waals surface area (Å²) in [7, 11) is 0. The van der Waals surface area contributed by atoms with Crippen molar-refractivity contribution in [3.63, 3.8) is 0 Å². The van der Waals surface area contributed by atoms with E-state index in [0.717, 1.165) is 23.6 Å². The van der Waals surface area contributed by atoms with Gasteiger partial charge < -0.3 is 5.32 Å². The fourth-order valence-electron chi connectivity index (χ4n) is 3.13. The Morgan fingerprint density at radius 1 is 1.28 bits per heavy atom. The van der Waals surface area contributed by atoms with E-state index in [4.69, 9.17) is 0 Å². The van der Waals surface area contributed by atoms with E-state index in [9.17, 15) is 0 Å². The Balaban J connectivity index is 1.69. The minimum absolute atomic E-state index is 0.768. The monoisotopic (exact) mass is 262 g/mol. The molecule has 2 nitrogen and oxygen atoms in total. The Kier molecular flexibility index (Phi) is 3.53. The van der Waals surface area contributed by atoms with Crippen LogP contribution in [0.25, 0.3) is 0 Å². The second-order valence-electron chi connectivity index (χ2n) is 5.62. The summed E-state index contributed by atoms with van der Waals surface area (Å²) in [5.41, 5.74) is 4.32. The first kappa shape index (κ1) is 12.4. The van der Waals surface area contributed by atoms with Gasteiger partial charge in [-0.3, -0.25) is 4.90 Å². The van der Waals surface area contributed by atoms with Gasteiger partial charge in [-0.05, 0) is 23.6 Å². The first-order valence-electron chi connectivity index (χ1n) is 6.94. The van der Waals surface area contributed by atoms with Gasteiger partial charge in [0.25, 0.3) is 0 Å². The summed E-state index contributed by atoms with van der Waals surface area (Å²) < 4.78 is 0. The van der Waals surface area contributed by atoms with E-state index in [1.807, 2.05) is 0 Å². The van der Waals surface area contributed by atoms with Crippen molar-refractivity contribution < 1.29 is 0 Å². The molecular weight excluding hydrogens is 240 g/mol. The lowest BCUT2D eigenvalue weighted by Gasteiger charge is -2.34. The Labute approximate surface area is 114 Å². The molecule has 0 radical (unpaired) electrons. The standard InChI is InChI=1S/C15H22N2S/c1-11-8-17(9-12(2)18-11)10-13-3-4-15-14(7-13)5-6-16-15/h3-4,7,11-12,16H,5-6,8-10H2,1-2H3. The number of rotatable bonds is 2. The van der Waals surface area contributed by atoms with Crippen molar-refractivity contribution in [3.8, 4) is 0 Å². The highest BCUT2D eigenvalue weighted by Gasteiger charge is 2.22. The number of fused-ring (bicyclic) bond motifs is 1. The molecule has 3 rings (SSSR count). The summed E-state index contributed by atoms with van der Waals surface area (Å²) in [5, 5.41) is 4.96. The molecule has 2 unspecified atom stereocenters. The number of nitrogens with one attached hydrogen (secondary N) is 1. The van der Waals surface area contributed by atoms with Crippen LogP contribution in [0.3, 0.4) is 0 Å². The third-order valence-electron chi connectivity index (χ3n) is 3.78. The lowest BCUT2D eigenvalue weighted by atomic mass is 10.1. The molecule has 2 aliphatic heterocycles. The second kappa shape index (κ2) is 5.14. The van der Waals surface area contributed by atoms with Gasteiger partial charge in [-0.2, -0.15) is 11.8 Å². The predicted octanol–water partition coefficient (Wildman–Crippen LogP) is 2.98. The van der Waals surface area contributed by atoms with E-state index < -0.39 is 0 Å². The molecule has 0 aliphatic carbocycles. The van der Waals surface area contributed by atoms with Crippen LogP contribution in [0.2, 0.25) is 0 Å². The van der Waals surface area contributed by atoms with Crippen molar-refractivity contribution in [2.45, 2.75) is 37.3 Å². The highest BCUT2D eigenvalue weighted by molar-refractivity contribution is 8.00. The number of anilines is 1. The van der Waals surface area contributed by atoms with Gasteiger partial charge in [0.05, 0.1) is 0 Å². The molecule has 1 aromatic rings. The molecule has 98 valence electrons. The molecule has 0 spiro atoms. The smallest absolute Gasteiger partial charge is 0.0373 e. The van der Waals surface area contributed by atoms with E-state index in [-0.39, 0.29) is 0 Å². The Bertz CT molecular complexity index is 423. The summed E-state index contributed by atoms with van der Waals surface area (Å²) in [6.07, 6.45) is 1.19. The molecule has 1 aromatic carbocycles. The van der Waals surface area contributed by atoms with Crippen molar-refractivity contribution in [1.29, 1.82) is 0 Å². The minimum Gasteiger partial charge on any atom is -0.384 e. The lowest BCUT2D eigenvalue weighted by Crippen LogP contribution is -2.39. The zero-order valence-electron chi connectivity index (χ0n) is 11.3. The SMILES string of the molecule is CC1CN(Cc2ccc3c(c2)CCN3)CC(C)S1. The van der Waals surface area contributed by atoms with E-state index in [1.54, 1.807) is 0 Å². The zero-order valence-corrected chi connectivity index (χ0v) is 12.1. The molecule has 3 heteroatoms. The molecule has 2 heterocycles. The number of hydrogen-bond acceptors (Lipinski definition) is 3. The van der Waals surface area contributed by atoms with Crippen molar-refractivity contribution in [3.05, 3.63) is 29.3 Å².